The summed E-state index contributed by atoms with van der Waals surface area (Å²) in [6, 6.07) is 0. The lowest BCUT2D eigenvalue weighted by molar-refractivity contribution is -0.000170. The third-order valence-corrected chi connectivity index (χ3v) is 4.33. The average Bonchev–Trinajstić information content (AvgIpc) is 2.62. The second kappa shape index (κ2) is 7.10. The normalized spacial score (nSPS) is 20.4. The van der Waals surface area contributed by atoms with Crippen molar-refractivity contribution in [3.8, 4) is 0 Å². The topological polar surface area (TPSA) is 95.3 Å². The van der Waals surface area contributed by atoms with Crippen LogP contribution in [0.4, 0.5) is 5.82 Å². The highest BCUT2D eigenvalue weighted by molar-refractivity contribution is 5.93. The Morgan fingerprint density at radius 3 is 2.72 bits per heavy atom. The molecule has 25 heavy (non-hydrogen) atoms. The number of rotatable bonds is 4. The molecule has 0 unspecified atom stereocenters. The van der Waals surface area contributed by atoms with E-state index in [9.17, 15) is 9.90 Å². The molecule has 1 fully saturated rings. The number of carbonyl (C=O) groups excluding carboxylic acids is 1. The number of aromatic nitrogens is 4. The van der Waals surface area contributed by atoms with Gasteiger partial charge in [0.25, 0.3) is 5.91 Å². The first-order chi connectivity index (χ1) is 12.0. The van der Waals surface area contributed by atoms with Crippen molar-refractivity contribution >= 4 is 11.7 Å². The van der Waals surface area contributed by atoms with Crippen LogP contribution >= 0.6 is 0 Å². The molecule has 132 valence electrons. The van der Waals surface area contributed by atoms with Gasteiger partial charge in [-0.05, 0) is 19.8 Å². The monoisotopic (exact) mass is 342 g/mol. The van der Waals surface area contributed by atoms with Crippen LogP contribution in [0.15, 0.2) is 31.0 Å². The Balaban J connectivity index is 1.68. The minimum absolute atomic E-state index is 0.204. The SMILES string of the molecule is Cc1ncc(C(=O)N(C)C[C@]2(O)CCCN(c3cnccn3)C2)cn1. The summed E-state index contributed by atoms with van der Waals surface area (Å²) >= 11 is 0. The Morgan fingerprint density at radius 2 is 2.04 bits per heavy atom. The fourth-order valence-corrected chi connectivity index (χ4v) is 3.13. The molecule has 3 rings (SSSR count). The van der Waals surface area contributed by atoms with Crippen molar-refractivity contribution in [2.24, 2.45) is 0 Å². The van der Waals surface area contributed by atoms with Gasteiger partial charge in [0.15, 0.2) is 0 Å². The largest absolute Gasteiger partial charge is 0.386 e. The van der Waals surface area contributed by atoms with Crippen LogP contribution in [-0.2, 0) is 0 Å². The maximum absolute atomic E-state index is 12.5. The van der Waals surface area contributed by atoms with Crippen LogP contribution in [0.1, 0.15) is 29.0 Å². The molecule has 0 bridgehead atoms. The van der Waals surface area contributed by atoms with E-state index >= 15 is 0 Å². The number of aryl methyl sites for hydroxylation is 1. The molecule has 0 aliphatic carbocycles. The molecule has 1 N–H and O–H groups in total. The lowest BCUT2D eigenvalue weighted by Gasteiger charge is -2.41. The zero-order valence-corrected chi connectivity index (χ0v) is 14.5. The molecule has 3 heterocycles. The predicted octanol–water partition coefficient (Wildman–Crippen LogP) is 0.679. The van der Waals surface area contributed by atoms with Gasteiger partial charge in [-0.15, -0.1) is 0 Å². The van der Waals surface area contributed by atoms with E-state index in [0.29, 0.717) is 24.4 Å². The molecule has 1 atom stereocenters. The molecule has 0 aromatic carbocycles. The minimum atomic E-state index is -0.994. The van der Waals surface area contributed by atoms with E-state index in [2.05, 4.69) is 19.9 Å². The summed E-state index contributed by atoms with van der Waals surface area (Å²) in [6.07, 6.45) is 9.42. The molecule has 2 aromatic heterocycles. The van der Waals surface area contributed by atoms with Crippen molar-refractivity contribution in [3.05, 3.63) is 42.4 Å². The van der Waals surface area contributed by atoms with Gasteiger partial charge in [0.2, 0.25) is 0 Å². The number of hydrogen-bond acceptors (Lipinski definition) is 7. The Bertz CT molecular complexity index is 724. The lowest BCUT2D eigenvalue weighted by Crippen LogP contribution is -2.54. The molecular formula is C17H22N6O2. The van der Waals surface area contributed by atoms with E-state index in [1.807, 2.05) is 4.90 Å². The second-order valence-electron chi connectivity index (χ2n) is 6.49. The van der Waals surface area contributed by atoms with Crippen molar-refractivity contribution < 1.29 is 9.90 Å². The van der Waals surface area contributed by atoms with Gasteiger partial charge in [-0.1, -0.05) is 0 Å². The Hall–Kier alpha value is -2.61. The second-order valence-corrected chi connectivity index (χ2v) is 6.49. The number of carbonyl (C=O) groups is 1. The Morgan fingerprint density at radius 1 is 1.28 bits per heavy atom. The van der Waals surface area contributed by atoms with Crippen molar-refractivity contribution in [1.29, 1.82) is 0 Å². The van der Waals surface area contributed by atoms with Crippen LogP contribution in [0.25, 0.3) is 0 Å². The van der Waals surface area contributed by atoms with Gasteiger partial charge in [0.05, 0.1) is 23.9 Å². The molecule has 0 saturated carbocycles. The van der Waals surface area contributed by atoms with Crippen LogP contribution < -0.4 is 4.90 Å². The number of hydrogen-bond donors (Lipinski definition) is 1. The summed E-state index contributed by atoms with van der Waals surface area (Å²) in [6.45, 7) is 3.22. The van der Waals surface area contributed by atoms with E-state index in [-0.39, 0.29) is 12.5 Å². The molecular weight excluding hydrogens is 320 g/mol. The van der Waals surface area contributed by atoms with Gasteiger partial charge >= 0.3 is 0 Å². The van der Waals surface area contributed by atoms with Crippen LogP contribution in [-0.4, -0.2) is 68.1 Å². The highest BCUT2D eigenvalue weighted by Crippen LogP contribution is 2.25. The van der Waals surface area contributed by atoms with Crippen molar-refractivity contribution in [1.82, 2.24) is 24.8 Å². The standard InChI is InChI=1S/C17H22N6O2/c1-13-20-8-14(9-21-13)16(24)22(2)11-17(25)4-3-7-23(12-17)15-10-18-5-6-19-15/h5-6,8-10,25H,3-4,7,11-12H2,1-2H3/t17-/m1/s1. The number of amides is 1. The number of anilines is 1. The molecule has 0 spiro atoms. The number of nitrogens with zero attached hydrogens (tertiary/aromatic N) is 6. The van der Waals surface area contributed by atoms with E-state index in [0.717, 1.165) is 18.8 Å². The minimum Gasteiger partial charge on any atom is -0.386 e. The van der Waals surface area contributed by atoms with Gasteiger partial charge in [-0.25, -0.2) is 15.0 Å². The van der Waals surface area contributed by atoms with E-state index in [4.69, 9.17) is 0 Å². The fourth-order valence-electron chi connectivity index (χ4n) is 3.13. The van der Waals surface area contributed by atoms with Crippen LogP contribution in [0.3, 0.4) is 0 Å². The molecule has 1 saturated heterocycles. The first-order valence-corrected chi connectivity index (χ1v) is 8.24. The highest BCUT2D eigenvalue weighted by Gasteiger charge is 2.36. The number of likely N-dealkylation sites (N-methyl/N-ethyl adjacent to an activating group) is 1. The highest BCUT2D eigenvalue weighted by atomic mass is 16.3. The van der Waals surface area contributed by atoms with Crippen LogP contribution in [0.2, 0.25) is 0 Å². The van der Waals surface area contributed by atoms with Crippen LogP contribution in [0, 0.1) is 6.92 Å². The van der Waals surface area contributed by atoms with E-state index in [1.165, 1.54) is 17.3 Å². The van der Waals surface area contributed by atoms with Gasteiger partial charge in [-0.2, -0.15) is 0 Å². The summed E-state index contributed by atoms with van der Waals surface area (Å²) < 4.78 is 0. The summed E-state index contributed by atoms with van der Waals surface area (Å²) in [5, 5.41) is 11.0. The van der Waals surface area contributed by atoms with Gasteiger partial charge in [0.1, 0.15) is 11.6 Å². The lowest BCUT2D eigenvalue weighted by atomic mass is 9.92. The number of β-amino-alcohol motifs (C(OH)–C–C–N with tert-alkyl or cyclic N) is 1. The van der Waals surface area contributed by atoms with E-state index in [1.54, 1.807) is 32.6 Å². The van der Waals surface area contributed by atoms with Crippen molar-refractivity contribution in [2.45, 2.75) is 25.4 Å². The molecule has 1 aliphatic rings. The molecule has 8 nitrogen and oxygen atoms in total. The molecule has 1 amide bonds. The quantitative estimate of drug-likeness (QED) is 0.873. The summed E-state index contributed by atoms with van der Waals surface area (Å²) in [4.78, 5) is 32.5. The number of piperidine rings is 1. The Labute approximate surface area is 146 Å². The van der Waals surface area contributed by atoms with Crippen molar-refractivity contribution in [2.75, 3.05) is 31.6 Å². The summed E-state index contributed by atoms with van der Waals surface area (Å²) in [5.41, 5.74) is -0.579. The summed E-state index contributed by atoms with van der Waals surface area (Å²) in [5.74, 6) is 1.15. The first kappa shape index (κ1) is 17.2. The summed E-state index contributed by atoms with van der Waals surface area (Å²) in [7, 11) is 1.68. The third-order valence-electron chi connectivity index (χ3n) is 4.33. The zero-order valence-electron chi connectivity index (χ0n) is 14.5. The predicted molar refractivity (Wildman–Crippen MR) is 92.2 cm³/mol. The number of aliphatic hydroxyl groups is 1. The fraction of sp³-hybridized carbons (Fsp3) is 0.471. The molecule has 2 aromatic rings. The zero-order chi connectivity index (χ0) is 17.9. The maximum atomic E-state index is 12.5. The van der Waals surface area contributed by atoms with Gasteiger partial charge in [-0.3, -0.25) is 9.78 Å². The van der Waals surface area contributed by atoms with Gasteiger partial charge in [0, 0.05) is 44.9 Å². The first-order valence-electron chi connectivity index (χ1n) is 8.24. The third kappa shape index (κ3) is 4.08. The molecule has 1 aliphatic heterocycles. The van der Waals surface area contributed by atoms with E-state index < -0.39 is 5.60 Å². The molecule has 8 heteroatoms. The van der Waals surface area contributed by atoms with Gasteiger partial charge < -0.3 is 14.9 Å². The maximum Gasteiger partial charge on any atom is 0.256 e. The average molecular weight is 342 g/mol. The Kier molecular flexibility index (Phi) is 4.89. The molecule has 0 radical (unpaired) electrons. The van der Waals surface area contributed by atoms with Crippen molar-refractivity contribution in [3.63, 3.8) is 0 Å². The van der Waals surface area contributed by atoms with Crippen LogP contribution in [0.5, 0.6) is 0 Å². The smallest absolute Gasteiger partial charge is 0.256 e.